The van der Waals surface area contributed by atoms with Crippen molar-refractivity contribution in [1.82, 2.24) is 4.90 Å². The van der Waals surface area contributed by atoms with Crippen molar-refractivity contribution in [2.75, 3.05) is 44.3 Å². The molecule has 0 spiro atoms. The van der Waals surface area contributed by atoms with Crippen LogP contribution in [-0.2, 0) is 14.9 Å². The molecule has 2 aromatic rings. The van der Waals surface area contributed by atoms with Gasteiger partial charge in [0, 0.05) is 32.2 Å². The van der Waals surface area contributed by atoms with E-state index in [-0.39, 0.29) is 35.8 Å². The maximum Gasteiger partial charge on any atom is 0.338 e. The molecule has 3 rings (SSSR count). The molecule has 182 valence electrons. The van der Waals surface area contributed by atoms with Gasteiger partial charge in [0.05, 0.1) is 17.1 Å². The van der Waals surface area contributed by atoms with E-state index in [4.69, 9.17) is 9.47 Å². The van der Waals surface area contributed by atoms with Crippen LogP contribution in [0.15, 0.2) is 42.5 Å². The predicted octanol–water partition coefficient (Wildman–Crippen LogP) is 3.80. The van der Waals surface area contributed by atoms with Gasteiger partial charge in [0.1, 0.15) is 11.4 Å². The van der Waals surface area contributed by atoms with E-state index >= 15 is 0 Å². The fourth-order valence-electron chi connectivity index (χ4n) is 3.76. The fraction of sp³-hybridized carbons (Fsp3) is 0.440. The Balaban J connectivity index is 1.58. The Bertz CT molecular complexity index is 1040. The van der Waals surface area contributed by atoms with Gasteiger partial charge in [-0.2, -0.15) is 0 Å². The lowest BCUT2D eigenvalue weighted by Crippen LogP contribution is -2.50. The van der Waals surface area contributed by atoms with Crippen LogP contribution in [0.25, 0.3) is 0 Å². The smallest absolute Gasteiger partial charge is 0.338 e. The highest BCUT2D eigenvalue weighted by molar-refractivity contribution is 5.91. The minimum Gasteiger partial charge on any atom is -0.484 e. The summed E-state index contributed by atoms with van der Waals surface area (Å²) < 4.78 is 10.6. The number of carbonyl (C=O) groups is 2. The molecule has 2 aromatic carbocycles. The summed E-state index contributed by atoms with van der Waals surface area (Å²) in [6, 6.07) is 12.1. The summed E-state index contributed by atoms with van der Waals surface area (Å²) in [7, 11) is 0. The van der Waals surface area contributed by atoms with Crippen LogP contribution in [0.4, 0.5) is 11.4 Å². The van der Waals surface area contributed by atoms with E-state index in [2.05, 4.69) is 20.8 Å². The molecule has 9 heteroatoms. The van der Waals surface area contributed by atoms with E-state index in [1.807, 2.05) is 29.2 Å². The first-order valence-corrected chi connectivity index (χ1v) is 11.3. The van der Waals surface area contributed by atoms with Crippen molar-refractivity contribution in [3.63, 3.8) is 0 Å². The van der Waals surface area contributed by atoms with Crippen LogP contribution in [0.3, 0.4) is 0 Å². The van der Waals surface area contributed by atoms with Gasteiger partial charge in [-0.15, -0.1) is 0 Å². The minimum atomic E-state index is -0.597. The molecule has 0 radical (unpaired) electrons. The molecule has 0 saturated carbocycles. The van der Waals surface area contributed by atoms with E-state index in [1.165, 1.54) is 17.7 Å². The number of piperazine rings is 1. The number of nitro groups is 1. The number of nitro benzene ring substituents is 1. The standard InChI is InChI=1S/C25H31N3O6/c1-5-33-24(30)18-6-11-21(22(16-18)28(31)32)26-12-14-27(15-13-26)23(29)17-34-20-9-7-19(8-10-20)25(2,3)4/h6-11,16H,5,12-15,17H2,1-4H3. The van der Waals surface area contributed by atoms with Crippen LogP contribution in [0, 0.1) is 10.1 Å². The van der Waals surface area contributed by atoms with E-state index in [0.29, 0.717) is 37.6 Å². The molecule has 1 heterocycles. The molecule has 34 heavy (non-hydrogen) atoms. The van der Waals surface area contributed by atoms with Gasteiger partial charge < -0.3 is 19.3 Å². The summed E-state index contributed by atoms with van der Waals surface area (Å²) in [5.74, 6) is -0.0929. The quantitative estimate of drug-likeness (QED) is 0.345. The van der Waals surface area contributed by atoms with Crippen molar-refractivity contribution < 1.29 is 24.0 Å². The zero-order chi connectivity index (χ0) is 24.9. The maximum absolute atomic E-state index is 12.6. The largest absolute Gasteiger partial charge is 0.484 e. The molecule has 0 atom stereocenters. The van der Waals surface area contributed by atoms with Gasteiger partial charge in [-0.3, -0.25) is 14.9 Å². The third-order valence-electron chi connectivity index (χ3n) is 5.74. The number of hydrogen-bond acceptors (Lipinski definition) is 7. The Morgan fingerprint density at radius 1 is 1.03 bits per heavy atom. The van der Waals surface area contributed by atoms with Gasteiger partial charge in [0.15, 0.2) is 6.61 Å². The second kappa shape index (κ2) is 10.5. The zero-order valence-corrected chi connectivity index (χ0v) is 20.1. The summed E-state index contributed by atoms with van der Waals surface area (Å²) >= 11 is 0. The second-order valence-electron chi connectivity index (χ2n) is 9.11. The third kappa shape index (κ3) is 6.03. The van der Waals surface area contributed by atoms with Gasteiger partial charge in [-0.1, -0.05) is 32.9 Å². The molecular formula is C25H31N3O6. The summed E-state index contributed by atoms with van der Waals surface area (Å²) in [4.78, 5) is 39.2. The first kappa shape index (κ1) is 25.0. The average Bonchev–Trinajstić information content (AvgIpc) is 2.82. The number of amides is 1. The summed E-state index contributed by atoms with van der Waals surface area (Å²) in [6.45, 7) is 9.91. The number of ether oxygens (including phenoxy) is 2. The van der Waals surface area contributed by atoms with Crippen LogP contribution in [0.1, 0.15) is 43.6 Å². The average molecular weight is 470 g/mol. The number of esters is 1. The monoisotopic (exact) mass is 469 g/mol. The van der Waals surface area contributed by atoms with Crippen LogP contribution in [0.5, 0.6) is 5.75 Å². The lowest BCUT2D eigenvalue weighted by Gasteiger charge is -2.35. The highest BCUT2D eigenvalue weighted by atomic mass is 16.6. The molecule has 1 saturated heterocycles. The SMILES string of the molecule is CCOC(=O)c1ccc(N2CCN(C(=O)COc3ccc(C(C)(C)C)cc3)CC2)c([N+](=O)[O-])c1. The van der Waals surface area contributed by atoms with Gasteiger partial charge in [0.2, 0.25) is 0 Å². The number of anilines is 1. The number of nitrogens with zero attached hydrogens (tertiary/aromatic N) is 3. The Hall–Kier alpha value is -3.62. The van der Waals surface area contributed by atoms with E-state index < -0.39 is 10.9 Å². The number of benzene rings is 2. The van der Waals surface area contributed by atoms with Crippen molar-refractivity contribution in [2.45, 2.75) is 33.1 Å². The van der Waals surface area contributed by atoms with Crippen LogP contribution in [0.2, 0.25) is 0 Å². The van der Waals surface area contributed by atoms with Crippen molar-refractivity contribution in [2.24, 2.45) is 0 Å². The topological polar surface area (TPSA) is 102 Å². The van der Waals surface area contributed by atoms with E-state index in [0.717, 1.165) is 0 Å². The summed E-state index contributed by atoms with van der Waals surface area (Å²) in [5, 5.41) is 11.6. The van der Waals surface area contributed by atoms with Crippen molar-refractivity contribution in [1.29, 1.82) is 0 Å². The van der Waals surface area contributed by atoms with Crippen molar-refractivity contribution >= 4 is 23.3 Å². The normalized spacial score (nSPS) is 14.0. The Morgan fingerprint density at radius 2 is 1.68 bits per heavy atom. The fourth-order valence-corrected chi connectivity index (χ4v) is 3.76. The van der Waals surface area contributed by atoms with E-state index in [9.17, 15) is 19.7 Å². The molecule has 0 bridgehead atoms. The third-order valence-corrected chi connectivity index (χ3v) is 5.74. The predicted molar refractivity (Wildman–Crippen MR) is 128 cm³/mol. The molecule has 0 unspecified atom stereocenters. The minimum absolute atomic E-state index is 0.0439. The van der Waals surface area contributed by atoms with Gasteiger partial charge in [0.25, 0.3) is 11.6 Å². The van der Waals surface area contributed by atoms with Gasteiger partial charge in [-0.25, -0.2) is 4.79 Å². The Morgan fingerprint density at radius 3 is 2.24 bits per heavy atom. The second-order valence-corrected chi connectivity index (χ2v) is 9.11. The van der Waals surface area contributed by atoms with Crippen molar-refractivity contribution in [3.05, 3.63) is 63.7 Å². The molecule has 0 aliphatic carbocycles. The highest BCUT2D eigenvalue weighted by Crippen LogP contribution is 2.30. The van der Waals surface area contributed by atoms with Crippen LogP contribution in [-0.4, -0.2) is 61.1 Å². The van der Waals surface area contributed by atoms with Gasteiger partial charge >= 0.3 is 5.97 Å². The number of rotatable bonds is 7. The first-order valence-electron chi connectivity index (χ1n) is 11.3. The molecule has 0 aromatic heterocycles. The molecule has 0 N–H and O–H groups in total. The zero-order valence-electron chi connectivity index (χ0n) is 20.1. The molecule has 1 aliphatic heterocycles. The van der Waals surface area contributed by atoms with Crippen LogP contribution >= 0.6 is 0 Å². The Labute approximate surface area is 199 Å². The number of hydrogen-bond donors (Lipinski definition) is 0. The van der Waals surface area contributed by atoms with Gasteiger partial charge in [-0.05, 0) is 42.2 Å². The summed E-state index contributed by atoms with van der Waals surface area (Å²) in [5.41, 5.74) is 1.63. The maximum atomic E-state index is 12.6. The molecule has 1 aliphatic rings. The Kier molecular flexibility index (Phi) is 7.75. The molecule has 9 nitrogen and oxygen atoms in total. The molecule has 1 amide bonds. The lowest BCUT2D eigenvalue weighted by molar-refractivity contribution is -0.384. The van der Waals surface area contributed by atoms with E-state index in [1.54, 1.807) is 17.9 Å². The number of carbonyl (C=O) groups excluding carboxylic acids is 2. The van der Waals surface area contributed by atoms with Crippen LogP contribution < -0.4 is 9.64 Å². The highest BCUT2D eigenvalue weighted by Gasteiger charge is 2.27. The first-order chi connectivity index (χ1) is 16.1. The molecular weight excluding hydrogens is 438 g/mol. The molecule has 1 fully saturated rings. The van der Waals surface area contributed by atoms with Crippen molar-refractivity contribution in [3.8, 4) is 5.75 Å². The summed E-state index contributed by atoms with van der Waals surface area (Å²) in [6.07, 6.45) is 0. The lowest BCUT2D eigenvalue weighted by atomic mass is 9.87.